The summed E-state index contributed by atoms with van der Waals surface area (Å²) in [6, 6.07) is 6.84. The molecule has 1 aromatic carbocycles. The van der Waals surface area contributed by atoms with Crippen LogP contribution in [0, 0.1) is 0 Å². The first kappa shape index (κ1) is 13.3. The minimum absolute atomic E-state index is 0.362. The third-order valence-corrected chi connectivity index (χ3v) is 3.84. The third-order valence-electron chi connectivity index (χ3n) is 2.81. The van der Waals surface area contributed by atoms with Crippen molar-refractivity contribution >= 4 is 55.2 Å². The van der Waals surface area contributed by atoms with Gasteiger partial charge in [0.05, 0.1) is 15.6 Å². The normalized spacial score (nSPS) is 13.1. The van der Waals surface area contributed by atoms with E-state index in [9.17, 15) is 9.59 Å². The standard InChI is InChI=1S/C13H7Br2N3O2/c14-6-3-10(15)11(16-5-6)17-7-1-2-8-9(4-7)13(20)18-12(8)19/h1-5H,(H,16,17)(H,18,19,20). The summed E-state index contributed by atoms with van der Waals surface area (Å²) in [4.78, 5) is 27.3. The first-order chi connectivity index (χ1) is 9.54. The molecule has 7 heteroatoms. The second-order valence-corrected chi connectivity index (χ2v) is 5.92. The quantitative estimate of drug-likeness (QED) is 0.764. The molecular weight excluding hydrogens is 390 g/mol. The number of amides is 2. The maximum absolute atomic E-state index is 11.6. The van der Waals surface area contributed by atoms with Gasteiger partial charge in [-0.2, -0.15) is 0 Å². The smallest absolute Gasteiger partial charge is 0.259 e. The van der Waals surface area contributed by atoms with Gasteiger partial charge in [0.25, 0.3) is 11.8 Å². The largest absolute Gasteiger partial charge is 0.339 e. The molecule has 1 aromatic heterocycles. The van der Waals surface area contributed by atoms with Crippen molar-refractivity contribution in [3.8, 4) is 0 Å². The monoisotopic (exact) mass is 395 g/mol. The number of hydrogen-bond acceptors (Lipinski definition) is 4. The van der Waals surface area contributed by atoms with E-state index in [0.717, 1.165) is 8.95 Å². The first-order valence-corrected chi connectivity index (χ1v) is 7.21. The molecule has 0 unspecified atom stereocenters. The van der Waals surface area contributed by atoms with Crippen LogP contribution in [0.1, 0.15) is 20.7 Å². The molecule has 2 amide bonds. The number of benzene rings is 1. The van der Waals surface area contributed by atoms with Gasteiger partial charge in [0.1, 0.15) is 5.82 Å². The molecule has 0 bridgehead atoms. The number of fused-ring (bicyclic) bond motifs is 1. The zero-order chi connectivity index (χ0) is 14.3. The van der Waals surface area contributed by atoms with Crippen LogP contribution in [0.25, 0.3) is 0 Å². The van der Waals surface area contributed by atoms with E-state index in [-0.39, 0.29) is 11.8 Å². The van der Waals surface area contributed by atoms with Crippen molar-refractivity contribution in [2.24, 2.45) is 0 Å². The number of nitrogens with one attached hydrogen (secondary N) is 2. The Bertz CT molecular complexity index is 746. The van der Waals surface area contributed by atoms with Crippen molar-refractivity contribution in [3.05, 3.63) is 50.5 Å². The lowest BCUT2D eigenvalue weighted by atomic mass is 10.1. The molecule has 3 rings (SSSR count). The van der Waals surface area contributed by atoms with E-state index in [2.05, 4.69) is 47.5 Å². The summed E-state index contributed by atoms with van der Waals surface area (Å²) >= 11 is 6.73. The summed E-state index contributed by atoms with van der Waals surface area (Å²) in [5.74, 6) is -0.117. The van der Waals surface area contributed by atoms with Gasteiger partial charge in [-0.15, -0.1) is 0 Å². The van der Waals surface area contributed by atoms with Gasteiger partial charge in [-0.05, 0) is 56.1 Å². The lowest BCUT2D eigenvalue weighted by Crippen LogP contribution is -2.19. The summed E-state index contributed by atoms with van der Waals surface area (Å²) in [6.45, 7) is 0. The van der Waals surface area contributed by atoms with E-state index < -0.39 is 0 Å². The highest BCUT2D eigenvalue weighted by Gasteiger charge is 2.26. The van der Waals surface area contributed by atoms with E-state index in [4.69, 9.17) is 0 Å². The number of hydrogen-bond donors (Lipinski definition) is 2. The highest BCUT2D eigenvalue weighted by atomic mass is 79.9. The SMILES string of the molecule is O=C1NC(=O)c2cc(Nc3ncc(Br)cc3Br)ccc21. The molecule has 1 aliphatic rings. The first-order valence-electron chi connectivity index (χ1n) is 5.62. The van der Waals surface area contributed by atoms with Crippen LogP contribution in [0.4, 0.5) is 11.5 Å². The predicted octanol–water partition coefficient (Wildman–Crippen LogP) is 3.23. The maximum Gasteiger partial charge on any atom is 0.259 e. The number of carbonyl (C=O) groups excluding carboxylic acids is 2. The minimum Gasteiger partial charge on any atom is -0.339 e. The highest BCUT2D eigenvalue weighted by molar-refractivity contribution is 9.11. The Balaban J connectivity index is 1.95. The molecule has 0 radical (unpaired) electrons. The van der Waals surface area contributed by atoms with Crippen LogP contribution in [0.2, 0.25) is 0 Å². The number of nitrogens with zero attached hydrogens (tertiary/aromatic N) is 1. The molecule has 0 saturated heterocycles. The van der Waals surface area contributed by atoms with Gasteiger partial charge in [0, 0.05) is 16.4 Å². The third kappa shape index (κ3) is 2.34. The van der Waals surface area contributed by atoms with Crippen LogP contribution in [0.5, 0.6) is 0 Å². The Labute approximate surface area is 131 Å². The number of imide groups is 1. The summed E-state index contributed by atoms with van der Waals surface area (Å²) in [5, 5.41) is 5.35. The number of halogens is 2. The fourth-order valence-electron chi connectivity index (χ4n) is 1.89. The molecule has 0 saturated carbocycles. The molecular formula is C13H7Br2N3O2. The number of aromatic nitrogens is 1. The second kappa shape index (κ2) is 4.99. The van der Waals surface area contributed by atoms with Gasteiger partial charge >= 0.3 is 0 Å². The molecule has 0 atom stereocenters. The van der Waals surface area contributed by atoms with Crippen LogP contribution < -0.4 is 10.6 Å². The number of rotatable bonds is 2. The number of pyridine rings is 1. The van der Waals surface area contributed by atoms with Crippen LogP contribution in [0.3, 0.4) is 0 Å². The summed E-state index contributed by atoms with van der Waals surface area (Å²) in [7, 11) is 0. The van der Waals surface area contributed by atoms with E-state index in [0.29, 0.717) is 22.6 Å². The molecule has 20 heavy (non-hydrogen) atoms. The van der Waals surface area contributed by atoms with Crippen LogP contribution in [0.15, 0.2) is 39.4 Å². The lowest BCUT2D eigenvalue weighted by Gasteiger charge is -2.08. The van der Waals surface area contributed by atoms with E-state index in [1.807, 2.05) is 6.07 Å². The Morgan fingerprint density at radius 1 is 1.05 bits per heavy atom. The zero-order valence-electron chi connectivity index (χ0n) is 9.91. The van der Waals surface area contributed by atoms with Crippen molar-refractivity contribution in [2.45, 2.75) is 0 Å². The molecule has 2 heterocycles. The Kier molecular flexibility index (Phi) is 3.31. The van der Waals surface area contributed by atoms with Crippen molar-refractivity contribution in [1.82, 2.24) is 10.3 Å². The molecule has 0 fully saturated rings. The van der Waals surface area contributed by atoms with Crippen LogP contribution >= 0.6 is 31.9 Å². The van der Waals surface area contributed by atoms with Crippen molar-refractivity contribution in [2.75, 3.05) is 5.32 Å². The average Bonchev–Trinajstić information content (AvgIpc) is 2.68. The Morgan fingerprint density at radius 3 is 2.55 bits per heavy atom. The van der Waals surface area contributed by atoms with E-state index in [1.54, 1.807) is 24.4 Å². The minimum atomic E-state index is -0.378. The predicted molar refractivity (Wildman–Crippen MR) is 81.2 cm³/mol. The van der Waals surface area contributed by atoms with E-state index in [1.165, 1.54) is 0 Å². The summed E-state index contributed by atoms with van der Waals surface area (Å²) < 4.78 is 1.64. The Hall–Kier alpha value is -1.73. The van der Waals surface area contributed by atoms with Crippen LogP contribution in [-0.4, -0.2) is 16.8 Å². The molecule has 1 aliphatic heterocycles. The number of anilines is 2. The van der Waals surface area contributed by atoms with Gasteiger partial charge in [-0.3, -0.25) is 14.9 Å². The fraction of sp³-hybridized carbons (Fsp3) is 0. The summed E-state index contributed by atoms with van der Waals surface area (Å²) in [5.41, 5.74) is 1.45. The van der Waals surface area contributed by atoms with Crippen LogP contribution in [-0.2, 0) is 0 Å². The molecule has 5 nitrogen and oxygen atoms in total. The van der Waals surface area contributed by atoms with Crippen molar-refractivity contribution in [1.29, 1.82) is 0 Å². The van der Waals surface area contributed by atoms with Gasteiger partial charge < -0.3 is 5.32 Å². The van der Waals surface area contributed by atoms with Gasteiger partial charge in [0.2, 0.25) is 0 Å². The van der Waals surface area contributed by atoms with Gasteiger partial charge in [0.15, 0.2) is 0 Å². The topological polar surface area (TPSA) is 71.1 Å². The van der Waals surface area contributed by atoms with Crippen molar-refractivity contribution in [3.63, 3.8) is 0 Å². The van der Waals surface area contributed by atoms with E-state index >= 15 is 0 Å². The average molecular weight is 397 g/mol. The Morgan fingerprint density at radius 2 is 1.80 bits per heavy atom. The van der Waals surface area contributed by atoms with Crippen molar-refractivity contribution < 1.29 is 9.59 Å². The van der Waals surface area contributed by atoms with Gasteiger partial charge in [-0.1, -0.05) is 0 Å². The number of carbonyl (C=O) groups is 2. The fourth-order valence-corrected chi connectivity index (χ4v) is 2.98. The highest BCUT2D eigenvalue weighted by Crippen LogP contribution is 2.28. The maximum atomic E-state index is 11.6. The lowest BCUT2D eigenvalue weighted by molar-refractivity contribution is 0.0879. The molecule has 0 spiro atoms. The molecule has 2 aromatic rings. The van der Waals surface area contributed by atoms with Gasteiger partial charge in [-0.25, -0.2) is 4.98 Å². The summed E-state index contributed by atoms with van der Waals surface area (Å²) in [6.07, 6.45) is 1.66. The second-order valence-electron chi connectivity index (χ2n) is 4.15. The zero-order valence-corrected chi connectivity index (χ0v) is 13.1. The molecule has 100 valence electrons. The molecule has 0 aliphatic carbocycles. The molecule has 2 N–H and O–H groups in total.